The van der Waals surface area contributed by atoms with Gasteiger partial charge in [0.1, 0.15) is 0 Å². The molecule has 2 aromatic rings. The van der Waals surface area contributed by atoms with E-state index >= 15 is 0 Å². The van der Waals surface area contributed by atoms with Crippen molar-refractivity contribution in [2.24, 2.45) is 0 Å². The zero-order valence-electron chi connectivity index (χ0n) is 8.58. The number of benzene rings is 1. The van der Waals surface area contributed by atoms with Gasteiger partial charge in [0.15, 0.2) is 5.03 Å². The number of nitrogens with zero attached hydrogens (tertiary/aromatic N) is 1. The largest absolute Gasteiger partial charge is 0.478 e. The maximum Gasteiger partial charge on any atom is 0.335 e. The smallest absolute Gasteiger partial charge is 0.335 e. The van der Waals surface area contributed by atoms with E-state index in [4.69, 9.17) is 5.11 Å². The summed E-state index contributed by atoms with van der Waals surface area (Å²) in [7, 11) is 0. The molecule has 0 aliphatic carbocycles. The number of aromatic amines is 1. The molecule has 2 rings (SSSR count). The van der Waals surface area contributed by atoms with Crippen molar-refractivity contribution in [1.29, 1.82) is 0 Å². The standard InChI is InChI=1S/C11H8N2O3S/c14-9-10(13-6-5-12-9)17-8-3-1-7(2-4-8)11(15)16/h1-6H,(H,12,14)(H,15,16). The number of H-pyrrole nitrogens is 1. The van der Waals surface area contributed by atoms with Gasteiger partial charge in [0, 0.05) is 17.3 Å². The molecule has 17 heavy (non-hydrogen) atoms. The predicted molar refractivity (Wildman–Crippen MR) is 62.4 cm³/mol. The zero-order chi connectivity index (χ0) is 12.3. The number of rotatable bonds is 3. The molecule has 0 fully saturated rings. The van der Waals surface area contributed by atoms with E-state index in [2.05, 4.69) is 9.97 Å². The number of aromatic carboxylic acids is 1. The number of hydrogen-bond acceptors (Lipinski definition) is 4. The highest BCUT2D eigenvalue weighted by Gasteiger charge is 2.05. The minimum atomic E-state index is -0.975. The van der Waals surface area contributed by atoms with E-state index in [1.807, 2.05) is 0 Å². The van der Waals surface area contributed by atoms with Crippen molar-refractivity contribution < 1.29 is 9.90 Å². The predicted octanol–water partition coefficient (Wildman–Crippen LogP) is 1.62. The van der Waals surface area contributed by atoms with Crippen molar-refractivity contribution in [1.82, 2.24) is 9.97 Å². The normalized spacial score (nSPS) is 10.1. The lowest BCUT2D eigenvalue weighted by molar-refractivity contribution is 0.0697. The van der Waals surface area contributed by atoms with Crippen LogP contribution in [0.3, 0.4) is 0 Å². The molecule has 86 valence electrons. The molecule has 0 spiro atoms. The van der Waals surface area contributed by atoms with Crippen LogP contribution in [0.2, 0.25) is 0 Å². The third kappa shape index (κ3) is 2.73. The molecule has 0 saturated carbocycles. The van der Waals surface area contributed by atoms with Crippen LogP contribution in [-0.2, 0) is 0 Å². The second-order valence-electron chi connectivity index (χ2n) is 3.16. The number of carbonyl (C=O) groups is 1. The molecule has 0 aliphatic heterocycles. The highest BCUT2D eigenvalue weighted by atomic mass is 32.2. The van der Waals surface area contributed by atoms with Crippen molar-refractivity contribution in [2.45, 2.75) is 9.92 Å². The zero-order valence-corrected chi connectivity index (χ0v) is 9.40. The molecule has 0 radical (unpaired) electrons. The van der Waals surface area contributed by atoms with Gasteiger partial charge in [0.2, 0.25) is 0 Å². The van der Waals surface area contributed by atoms with Crippen molar-refractivity contribution in [3.8, 4) is 0 Å². The van der Waals surface area contributed by atoms with Crippen LogP contribution in [-0.4, -0.2) is 21.0 Å². The van der Waals surface area contributed by atoms with Crippen LogP contribution < -0.4 is 5.56 Å². The van der Waals surface area contributed by atoms with Crippen molar-refractivity contribution in [2.75, 3.05) is 0 Å². The first-order chi connectivity index (χ1) is 8.16. The second-order valence-corrected chi connectivity index (χ2v) is 4.22. The van der Waals surface area contributed by atoms with Crippen LogP contribution in [0.25, 0.3) is 0 Å². The molecule has 1 aromatic heterocycles. The molecule has 0 saturated heterocycles. The van der Waals surface area contributed by atoms with Gasteiger partial charge in [-0.15, -0.1) is 0 Å². The Balaban J connectivity index is 2.23. The Morgan fingerprint density at radius 1 is 1.29 bits per heavy atom. The van der Waals surface area contributed by atoms with Gasteiger partial charge < -0.3 is 10.1 Å². The lowest BCUT2D eigenvalue weighted by Gasteiger charge is -2.00. The molecule has 0 bridgehead atoms. The summed E-state index contributed by atoms with van der Waals surface area (Å²) in [6, 6.07) is 6.26. The van der Waals surface area contributed by atoms with Gasteiger partial charge in [0.05, 0.1) is 5.56 Å². The maximum absolute atomic E-state index is 11.4. The van der Waals surface area contributed by atoms with Crippen molar-refractivity contribution in [3.05, 3.63) is 52.6 Å². The molecule has 2 N–H and O–H groups in total. The van der Waals surface area contributed by atoms with E-state index in [-0.39, 0.29) is 11.1 Å². The first-order valence-corrected chi connectivity index (χ1v) is 5.53. The van der Waals surface area contributed by atoms with Crippen LogP contribution in [0.4, 0.5) is 0 Å². The number of carboxylic acid groups (broad SMARTS) is 1. The van der Waals surface area contributed by atoms with Gasteiger partial charge >= 0.3 is 5.97 Å². The summed E-state index contributed by atoms with van der Waals surface area (Å²) < 4.78 is 0. The molecule has 0 amide bonds. The van der Waals surface area contributed by atoms with Crippen LogP contribution in [0.1, 0.15) is 10.4 Å². The third-order valence-electron chi connectivity index (χ3n) is 1.99. The summed E-state index contributed by atoms with van der Waals surface area (Å²) in [4.78, 5) is 29.2. The molecular weight excluding hydrogens is 240 g/mol. The topological polar surface area (TPSA) is 83.0 Å². The van der Waals surface area contributed by atoms with Crippen LogP contribution in [0.5, 0.6) is 0 Å². The maximum atomic E-state index is 11.4. The summed E-state index contributed by atoms with van der Waals surface area (Å²) >= 11 is 1.19. The van der Waals surface area contributed by atoms with E-state index in [1.165, 1.54) is 36.3 Å². The monoisotopic (exact) mass is 248 g/mol. The highest BCUT2D eigenvalue weighted by molar-refractivity contribution is 7.99. The van der Waals surface area contributed by atoms with Gasteiger partial charge in [-0.1, -0.05) is 11.8 Å². The second kappa shape index (κ2) is 4.84. The van der Waals surface area contributed by atoms with Crippen molar-refractivity contribution in [3.63, 3.8) is 0 Å². The molecule has 6 heteroatoms. The van der Waals surface area contributed by atoms with E-state index < -0.39 is 5.97 Å². The van der Waals surface area contributed by atoms with E-state index in [9.17, 15) is 9.59 Å². The number of nitrogens with one attached hydrogen (secondary N) is 1. The van der Waals surface area contributed by atoms with Gasteiger partial charge in [-0.25, -0.2) is 9.78 Å². The molecule has 0 unspecified atom stereocenters. The van der Waals surface area contributed by atoms with Gasteiger partial charge in [0.25, 0.3) is 5.56 Å². The first-order valence-electron chi connectivity index (χ1n) is 4.72. The fourth-order valence-electron chi connectivity index (χ4n) is 1.19. The number of carboxylic acids is 1. The average molecular weight is 248 g/mol. The van der Waals surface area contributed by atoms with Crippen LogP contribution in [0, 0.1) is 0 Å². The third-order valence-corrected chi connectivity index (χ3v) is 2.98. The SMILES string of the molecule is O=C(O)c1ccc(Sc2ncc[nH]c2=O)cc1. The fraction of sp³-hybridized carbons (Fsp3) is 0. The Morgan fingerprint density at radius 2 is 2.00 bits per heavy atom. The van der Waals surface area contributed by atoms with E-state index in [0.717, 1.165) is 4.90 Å². The van der Waals surface area contributed by atoms with Crippen LogP contribution in [0.15, 0.2) is 51.4 Å². The van der Waals surface area contributed by atoms with Gasteiger partial charge in [-0.3, -0.25) is 4.79 Å². The molecule has 5 nitrogen and oxygen atoms in total. The van der Waals surface area contributed by atoms with E-state index in [0.29, 0.717) is 5.03 Å². The van der Waals surface area contributed by atoms with E-state index in [1.54, 1.807) is 12.1 Å². The van der Waals surface area contributed by atoms with Crippen molar-refractivity contribution >= 4 is 17.7 Å². The fourth-order valence-corrected chi connectivity index (χ4v) is 1.95. The van der Waals surface area contributed by atoms with Crippen LogP contribution >= 0.6 is 11.8 Å². The molecule has 0 aliphatic rings. The minimum Gasteiger partial charge on any atom is -0.478 e. The Labute approximate surface area is 101 Å². The molecule has 1 aromatic carbocycles. The lowest BCUT2D eigenvalue weighted by Crippen LogP contribution is -2.08. The summed E-state index contributed by atoms with van der Waals surface area (Å²) in [5, 5.41) is 9.06. The quantitative estimate of drug-likeness (QED) is 0.862. The average Bonchev–Trinajstić information content (AvgIpc) is 2.33. The summed E-state index contributed by atoms with van der Waals surface area (Å²) in [5.41, 5.74) is -0.0518. The number of hydrogen-bond donors (Lipinski definition) is 2. The first kappa shape index (κ1) is 11.4. The molecule has 1 heterocycles. The molecular formula is C11H8N2O3S. The summed E-state index contributed by atoms with van der Waals surface area (Å²) in [5.74, 6) is -0.975. The highest BCUT2D eigenvalue weighted by Crippen LogP contribution is 2.23. The van der Waals surface area contributed by atoms with Gasteiger partial charge in [-0.05, 0) is 24.3 Å². The Bertz CT molecular complexity index is 592. The van der Waals surface area contributed by atoms with Gasteiger partial charge in [-0.2, -0.15) is 0 Å². The Kier molecular flexibility index (Phi) is 3.24. The summed E-state index contributed by atoms with van der Waals surface area (Å²) in [6.45, 7) is 0. The molecule has 0 atom stereocenters. The summed E-state index contributed by atoms with van der Waals surface area (Å²) in [6.07, 6.45) is 2.95. The number of aromatic nitrogens is 2. The lowest BCUT2D eigenvalue weighted by atomic mass is 10.2. The minimum absolute atomic E-state index is 0.212. The Hall–Kier alpha value is -2.08. The Morgan fingerprint density at radius 3 is 2.59 bits per heavy atom.